The average molecular weight is 296 g/mol. The number of halogens is 2. The quantitative estimate of drug-likeness (QED) is 0.462. The Morgan fingerprint density at radius 3 is 2.80 bits per heavy atom. The molecule has 1 heterocycles. The Bertz CT molecular complexity index is 641. The number of nitrogens with one attached hydrogen (secondary N) is 2. The molecule has 0 radical (unpaired) electrons. The highest BCUT2D eigenvalue weighted by Crippen LogP contribution is 2.29. The lowest BCUT2D eigenvalue weighted by Gasteiger charge is -2.10. The summed E-state index contributed by atoms with van der Waals surface area (Å²) in [7, 11) is 0. The Morgan fingerprint density at radius 2 is 2.15 bits per heavy atom. The molecule has 2 aromatic rings. The van der Waals surface area contributed by atoms with E-state index in [0.29, 0.717) is 17.0 Å². The van der Waals surface area contributed by atoms with Crippen molar-refractivity contribution in [3.05, 3.63) is 52.7 Å². The molecule has 0 aliphatic carbocycles. The Morgan fingerprint density at radius 1 is 1.35 bits per heavy atom. The number of anilines is 1. The van der Waals surface area contributed by atoms with E-state index in [1.165, 1.54) is 18.4 Å². The standard InChI is InChI=1S/C13H11ClFN3O2/c14-12-9(4-3-8-2-1-7-20-8)11(6-5-10(12)15)17-13(19)18-16/h1-7H,16H2,(H2,17,18,19)/b4-3+. The lowest BCUT2D eigenvalue weighted by molar-refractivity contribution is 0.252. The Kier molecular flexibility index (Phi) is 4.39. The number of hydrogen-bond donors (Lipinski definition) is 3. The molecule has 0 aliphatic heterocycles. The van der Waals surface area contributed by atoms with Crippen LogP contribution in [-0.4, -0.2) is 6.03 Å². The molecule has 1 aromatic heterocycles. The molecule has 1 aromatic carbocycles. The number of carbonyl (C=O) groups is 1. The molecule has 0 unspecified atom stereocenters. The van der Waals surface area contributed by atoms with Crippen LogP contribution in [0.25, 0.3) is 12.2 Å². The van der Waals surface area contributed by atoms with Gasteiger partial charge in [0.15, 0.2) is 0 Å². The molecule has 0 saturated carbocycles. The molecule has 4 N–H and O–H groups in total. The van der Waals surface area contributed by atoms with Gasteiger partial charge in [0.05, 0.1) is 17.0 Å². The van der Waals surface area contributed by atoms with Gasteiger partial charge in [-0.2, -0.15) is 0 Å². The summed E-state index contributed by atoms with van der Waals surface area (Å²) in [5, 5.41) is 2.34. The van der Waals surface area contributed by atoms with Crippen molar-refractivity contribution in [3.8, 4) is 0 Å². The third kappa shape index (κ3) is 3.17. The molecular weight excluding hydrogens is 285 g/mol. The zero-order chi connectivity index (χ0) is 14.5. The van der Waals surface area contributed by atoms with Gasteiger partial charge in [0.2, 0.25) is 0 Å². The Hall–Kier alpha value is -2.31. The first kappa shape index (κ1) is 14.1. The molecular formula is C13H11ClFN3O2. The maximum Gasteiger partial charge on any atom is 0.333 e. The zero-order valence-corrected chi connectivity index (χ0v) is 10.9. The molecule has 0 atom stereocenters. The van der Waals surface area contributed by atoms with E-state index < -0.39 is 11.8 Å². The fraction of sp³-hybridized carbons (Fsp3) is 0. The van der Waals surface area contributed by atoms with Gasteiger partial charge in [-0.15, -0.1) is 0 Å². The molecule has 0 saturated heterocycles. The summed E-state index contributed by atoms with van der Waals surface area (Å²) in [5.41, 5.74) is 2.55. The number of furan rings is 1. The second-order valence-electron chi connectivity index (χ2n) is 3.77. The SMILES string of the molecule is NNC(=O)Nc1ccc(F)c(Cl)c1/C=C/c1ccco1. The van der Waals surface area contributed by atoms with E-state index in [1.54, 1.807) is 18.2 Å². The van der Waals surface area contributed by atoms with Crippen molar-refractivity contribution in [3.63, 3.8) is 0 Å². The highest BCUT2D eigenvalue weighted by atomic mass is 35.5. The molecule has 2 rings (SSSR count). The fourth-order valence-corrected chi connectivity index (χ4v) is 1.78. The molecule has 5 nitrogen and oxygen atoms in total. The van der Waals surface area contributed by atoms with Crippen molar-refractivity contribution in [2.24, 2.45) is 5.84 Å². The van der Waals surface area contributed by atoms with Crippen molar-refractivity contribution in [1.82, 2.24) is 5.43 Å². The van der Waals surface area contributed by atoms with Crippen LogP contribution in [0.3, 0.4) is 0 Å². The van der Waals surface area contributed by atoms with Crippen LogP contribution < -0.4 is 16.6 Å². The second-order valence-corrected chi connectivity index (χ2v) is 4.15. The van der Waals surface area contributed by atoms with Crippen LogP contribution in [0.2, 0.25) is 5.02 Å². The number of benzene rings is 1. The van der Waals surface area contributed by atoms with Crippen LogP contribution in [-0.2, 0) is 0 Å². The Balaban J connectivity index is 2.38. The molecule has 20 heavy (non-hydrogen) atoms. The van der Waals surface area contributed by atoms with Gasteiger partial charge in [0.25, 0.3) is 0 Å². The summed E-state index contributed by atoms with van der Waals surface area (Å²) in [6, 6.07) is 5.34. The molecule has 104 valence electrons. The van der Waals surface area contributed by atoms with Gasteiger partial charge >= 0.3 is 6.03 Å². The first-order valence-corrected chi connectivity index (χ1v) is 5.97. The van der Waals surface area contributed by atoms with E-state index >= 15 is 0 Å². The van der Waals surface area contributed by atoms with E-state index in [1.807, 2.05) is 5.43 Å². The lowest BCUT2D eigenvalue weighted by Crippen LogP contribution is -2.34. The van der Waals surface area contributed by atoms with E-state index in [0.717, 1.165) is 6.07 Å². The second kappa shape index (κ2) is 6.23. The van der Waals surface area contributed by atoms with Gasteiger partial charge in [-0.25, -0.2) is 15.0 Å². The van der Waals surface area contributed by atoms with Crippen LogP contribution in [0.15, 0.2) is 34.9 Å². The van der Waals surface area contributed by atoms with Crippen LogP contribution in [0, 0.1) is 5.82 Å². The topological polar surface area (TPSA) is 80.3 Å². The number of urea groups is 1. The van der Waals surface area contributed by atoms with Crippen LogP contribution in [0.1, 0.15) is 11.3 Å². The molecule has 7 heteroatoms. The first-order valence-electron chi connectivity index (χ1n) is 5.59. The summed E-state index contributed by atoms with van der Waals surface area (Å²) in [4.78, 5) is 11.2. The summed E-state index contributed by atoms with van der Waals surface area (Å²) in [5.74, 6) is 4.96. The minimum Gasteiger partial charge on any atom is -0.465 e. The van der Waals surface area contributed by atoms with Crippen LogP contribution >= 0.6 is 11.6 Å². The van der Waals surface area contributed by atoms with Crippen molar-refractivity contribution in [2.45, 2.75) is 0 Å². The number of hydrazine groups is 1. The first-order chi connectivity index (χ1) is 9.61. The minimum absolute atomic E-state index is 0.109. The number of carbonyl (C=O) groups excluding carboxylic acids is 1. The van der Waals surface area contributed by atoms with Gasteiger partial charge in [-0.05, 0) is 36.4 Å². The van der Waals surface area contributed by atoms with Crippen LogP contribution in [0.5, 0.6) is 0 Å². The maximum absolute atomic E-state index is 13.5. The molecule has 0 spiro atoms. The zero-order valence-electron chi connectivity index (χ0n) is 10.2. The van der Waals surface area contributed by atoms with E-state index in [2.05, 4.69) is 5.32 Å². The number of nitrogens with two attached hydrogens (primary N) is 1. The number of hydrogen-bond acceptors (Lipinski definition) is 3. The number of rotatable bonds is 3. The van der Waals surface area contributed by atoms with Crippen molar-refractivity contribution >= 4 is 35.5 Å². The summed E-state index contributed by atoms with van der Waals surface area (Å²) >= 11 is 5.91. The smallest absolute Gasteiger partial charge is 0.333 e. The predicted octanol–water partition coefficient (Wildman–Crippen LogP) is 3.24. The monoisotopic (exact) mass is 295 g/mol. The van der Waals surface area contributed by atoms with Gasteiger partial charge in [-0.3, -0.25) is 5.43 Å². The maximum atomic E-state index is 13.5. The van der Waals surface area contributed by atoms with Gasteiger partial charge < -0.3 is 9.73 Å². The molecule has 0 aliphatic rings. The third-order valence-electron chi connectivity index (χ3n) is 2.47. The van der Waals surface area contributed by atoms with Crippen molar-refractivity contribution < 1.29 is 13.6 Å². The molecule has 2 amide bonds. The number of amides is 2. The Labute approximate surface area is 119 Å². The summed E-state index contributed by atoms with van der Waals surface area (Å²) in [6.45, 7) is 0. The highest BCUT2D eigenvalue weighted by Gasteiger charge is 2.11. The highest BCUT2D eigenvalue weighted by molar-refractivity contribution is 6.33. The van der Waals surface area contributed by atoms with Crippen molar-refractivity contribution in [1.29, 1.82) is 0 Å². The normalized spacial score (nSPS) is 10.8. The third-order valence-corrected chi connectivity index (χ3v) is 2.85. The van der Waals surface area contributed by atoms with Gasteiger partial charge in [-0.1, -0.05) is 11.6 Å². The van der Waals surface area contributed by atoms with Crippen LogP contribution in [0.4, 0.5) is 14.9 Å². The predicted molar refractivity (Wildman–Crippen MR) is 75.4 cm³/mol. The minimum atomic E-state index is -0.639. The molecule has 0 fully saturated rings. The van der Waals surface area contributed by atoms with E-state index in [-0.39, 0.29) is 5.02 Å². The van der Waals surface area contributed by atoms with Gasteiger partial charge in [0, 0.05) is 5.56 Å². The average Bonchev–Trinajstić information content (AvgIpc) is 2.95. The fourth-order valence-electron chi connectivity index (χ4n) is 1.55. The van der Waals surface area contributed by atoms with Crippen molar-refractivity contribution in [2.75, 3.05) is 5.32 Å². The van der Waals surface area contributed by atoms with Gasteiger partial charge in [0.1, 0.15) is 11.6 Å². The summed E-state index contributed by atoms with van der Waals surface area (Å²) < 4.78 is 18.6. The lowest BCUT2D eigenvalue weighted by atomic mass is 10.1. The molecule has 0 bridgehead atoms. The summed E-state index contributed by atoms with van der Waals surface area (Å²) in [6.07, 6.45) is 4.65. The largest absolute Gasteiger partial charge is 0.465 e. The van der Waals surface area contributed by atoms with E-state index in [4.69, 9.17) is 21.9 Å². The van der Waals surface area contributed by atoms with E-state index in [9.17, 15) is 9.18 Å².